The Morgan fingerprint density at radius 2 is 1.92 bits per heavy atom. The Labute approximate surface area is 91.6 Å². The van der Waals surface area contributed by atoms with Crippen LogP contribution in [0.2, 0.25) is 0 Å². The lowest BCUT2D eigenvalue weighted by Gasteiger charge is -2.39. The van der Waals surface area contributed by atoms with Gasteiger partial charge >= 0.3 is 5.97 Å². The van der Waals surface area contributed by atoms with Gasteiger partial charge in [0.25, 0.3) is 0 Å². The summed E-state index contributed by atoms with van der Waals surface area (Å²) in [4.78, 5) is 13.4. The van der Waals surface area contributed by atoms with Gasteiger partial charge in [-0.15, -0.1) is 0 Å². The van der Waals surface area contributed by atoms with Crippen molar-refractivity contribution < 1.29 is 9.90 Å². The summed E-state index contributed by atoms with van der Waals surface area (Å²) in [5.41, 5.74) is 0. The van der Waals surface area contributed by atoms with Gasteiger partial charge in [-0.05, 0) is 32.7 Å². The maximum Gasteiger partial charge on any atom is 0.319 e. The largest absolute Gasteiger partial charge is 0.480 e. The maximum atomic E-state index is 11.1. The van der Waals surface area contributed by atoms with Crippen LogP contribution in [0.25, 0.3) is 0 Å². The summed E-state index contributed by atoms with van der Waals surface area (Å²) in [6.45, 7) is 0. The zero-order valence-electron chi connectivity index (χ0n) is 7.66. The van der Waals surface area contributed by atoms with E-state index in [0.29, 0.717) is 12.1 Å². The van der Waals surface area contributed by atoms with Crippen molar-refractivity contribution in [2.24, 2.45) is 0 Å². The standard InChI is InChI=1S/C9H14INO2/c1-11-6-2-3-7(11)5-9(10,4-6)8(12)13/h6-7H,2-5H2,1H3,(H,12,13). The number of fused-ring (bicyclic) bond motifs is 2. The molecule has 0 aromatic heterocycles. The average molecular weight is 295 g/mol. The maximum absolute atomic E-state index is 11.1. The number of aliphatic carboxylic acids is 1. The molecular formula is C9H14INO2. The van der Waals surface area contributed by atoms with Crippen molar-refractivity contribution in [1.82, 2.24) is 4.90 Å². The van der Waals surface area contributed by atoms with Gasteiger partial charge in [0.1, 0.15) is 3.42 Å². The first-order valence-corrected chi connectivity index (χ1v) is 5.75. The average Bonchev–Trinajstić information content (AvgIpc) is 2.33. The quantitative estimate of drug-likeness (QED) is 0.589. The molecule has 0 saturated carbocycles. The van der Waals surface area contributed by atoms with Crippen molar-refractivity contribution in [3.8, 4) is 0 Å². The Kier molecular flexibility index (Phi) is 2.30. The normalized spacial score (nSPS) is 45.1. The second kappa shape index (κ2) is 3.08. The first kappa shape index (κ1) is 9.71. The molecule has 2 aliphatic rings. The summed E-state index contributed by atoms with van der Waals surface area (Å²) in [6.07, 6.45) is 3.99. The molecule has 2 aliphatic heterocycles. The molecule has 2 heterocycles. The molecule has 0 amide bonds. The minimum atomic E-state index is -0.627. The number of hydrogen-bond donors (Lipinski definition) is 1. The van der Waals surface area contributed by atoms with Crippen molar-refractivity contribution in [1.29, 1.82) is 0 Å². The third-order valence-electron chi connectivity index (χ3n) is 3.49. The Morgan fingerprint density at radius 1 is 1.46 bits per heavy atom. The number of piperidine rings is 1. The van der Waals surface area contributed by atoms with Crippen molar-refractivity contribution in [3.63, 3.8) is 0 Å². The Bertz CT molecular complexity index is 230. The third kappa shape index (κ3) is 1.48. The molecule has 0 aliphatic carbocycles. The van der Waals surface area contributed by atoms with E-state index in [1.165, 1.54) is 12.8 Å². The van der Waals surface area contributed by atoms with Gasteiger partial charge in [-0.3, -0.25) is 4.79 Å². The van der Waals surface area contributed by atoms with Crippen LogP contribution in [-0.4, -0.2) is 38.5 Å². The number of halogens is 1. The smallest absolute Gasteiger partial charge is 0.319 e. The van der Waals surface area contributed by atoms with Crippen molar-refractivity contribution in [2.75, 3.05) is 7.05 Å². The molecule has 74 valence electrons. The molecule has 0 spiro atoms. The van der Waals surface area contributed by atoms with Crippen molar-refractivity contribution in [2.45, 2.75) is 41.2 Å². The minimum Gasteiger partial charge on any atom is -0.480 e. The summed E-state index contributed by atoms with van der Waals surface area (Å²) in [7, 11) is 2.13. The first-order chi connectivity index (χ1) is 6.03. The summed E-state index contributed by atoms with van der Waals surface area (Å²) < 4.78 is -0.490. The Morgan fingerprint density at radius 3 is 2.31 bits per heavy atom. The third-order valence-corrected chi connectivity index (χ3v) is 4.83. The predicted molar refractivity (Wildman–Crippen MR) is 58.2 cm³/mol. The summed E-state index contributed by atoms with van der Waals surface area (Å²) >= 11 is 2.13. The van der Waals surface area contributed by atoms with Crippen LogP contribution >= 0.6 is 22.6 Å². The Hall–Kier alpha value is 0.160. The van der Waals surface area contributed by atoms with Crippen LogP contribution < -0.4 is 0 Å². The van der Waals surface area contributed by atoms with Crippen LogP contribution in [-0.2, 0) is 4.79 Å². The molecule has 1 N–H and O–H groups in total. The van der Waals surface area contributed by atoms with E-state index >= 15 is 0 Å². The molecule has 0 aromatic rings. The monoisotopic (exact) mass is 295 g/mol. The molecule has 4 heteroatoms. The highest BCUT2D eigenvalue weighted by Crippen LogP contribution is 2.44. The molecule has 2 atom stereocenters. The molecule has 3 nitrogen and oxygen atoms in total. The number of rotatable bonds is 1. The summed E-state index contributed by atoms with van der Waals surface area (Å²) in [5, 5.41) is 9.12. The van der Waals surface area contributed by atoms with Gasteiger partial charge in [-0.1, -0.05) is 22.6 Å². The summed E-state index contributed by atoms with van der Waals surface area (Å²) in [6, 6.07) is 1.01. The van der Waals surface area contributed by atoms with Gasteiger partial charge in [0, 0.05) is 12.1 Å². The van der Waals surface area contributed by atoms with E-state index in [1.54, 1.807) is 0 Å². The first-order valence-electron chi connectivity index (χ1n) is 4.67. The molecule has 2 unspecified atom stereocenters. The van der Waals surface area contributed by atoms with Gasteiger partial charge < -0.3 is 10.0 Å². The second-order valence-electron chi connectivity index (χ2n) is 4.23. The van der Waals surface area contributed by atoms with E-state index in [9.17, 15) is 4.79 Å². The van der Waals surface area contributed by atoms with E-state index in [2.05, 4.69) is 34.5 Å². The van der Waals surface area contributed by atoms with Gasteiger partial charge in [-0.25, -0.2) is 0 Å². The number of carboxylic acids is 1. The number of carbonyl (C=O) groups is 1. The van der Waals surface area contributed by atoms with E-state index in [-0.39, 0.29) is 0 Å². The van der Waals surface area contributed by atoms with Crippen LogP contribution in [0.5, 0.6) is 0 Å². The van der Waals surface area contributed by atoms with Crippen molar-refractivity contribution in [3.05, 3.63) is 0 Å². The molecule has 0 aromatic carbocycles. The van der Waals surface area contributed by atoms with Crippen molar-refractivity contribution >= 4 is 28.6 Å². The highest BCUT2D eigenvalue weighted by Gasteiger charge is 2.49. The fourth-order valence-corrected chi connectivity index (χ4v) is 3.60. The molecule has 0 radical (unpaired) electrons. The number of alkyl halides is 1. The van der Waals surface area contributed by atoms with Gasteiger partial charge in [0.15, 0.2) is 0 Å². The summed E-state index contributed by atoms with van der Waals surface area (Å²) in [5.74, 6) is -0.627. The Balaban J connectivity index is 2.19. The number of carboxylic acid groups (broad SMARTS) is 1. The van der Waals surface area contributed by atoms with Gasteiger partial charge in [0.05, 0.1) is 0 Å². The predicted octanol–water partition coefficient (Wildman–Crippen LogP) is 1.50. The number of hydrogen-bond acceptors (Lipinski definition) is 2. The lowest BCUT2D eigenvalue weighted by molar-refractivity contribution is -0.141. The fourth-order valence-electron chi connectivity index (χ4n) is 2.59. The lowest BCUT2D eigenvalue weighted by atomic mass is 9.91. The van der Waals surface area contributed by atoms with Crippen LogP contribution in [0.4, 0.5) is 0 Å². The van der Waals surface area contributed by atoms with Gasteiger partial charge in [0.2, 0.25) is 0 Å². The number of nitrogens with zero attached hydrogens (tertiary/aromatic N) is 1. The highest BCUT2D eigenvalue weighted by atomic mass is 127. The molecule has 2 saturated heterocycles. The van der Waals surface area contributed by atoms with E-state index < -0.39 is 9.39 Å². The highest BCUT2D eigenvalue weighted by molar-refractivity contribution is 14.1. The second-order valence-corrected chi connectivity index (χ2v) is 6.29. The fraction of sp³-hybridized carbons (Fsp3) is 0.889. The topological polar surface area (TPSA) is 40.5 Å². The van der Waals surface area contributed by atoms with E-state index in [4.69, 9.17) is 5.11 Å². The zero-order valence-corrected chi connectivity index (χ0v) is 9.82. The zero-order chi connectivity index (χ0) is 9.64. The lowest BCUT2D eigenvalue weighted by Crippen LogP contribution is -2.49. The molecule has 13 heavy (non-hydrogen) atoms. The molecule has 2 rings (SSSR count). The van der Waals surface area contributed by atoms with Crippen LogP contribution in [0.3, 0.4) is 0 Å². The van der Waals surface area contributed by atoms with Crippen LogP contribution in [0.15, 0.2) is 0 Å². The molecule has 2 bridgehead atoms. The SMILES string of the molecule is CN1C2CCC1CC(I)(C(=O)O)C2. The van der Waals surface area contributed by atoms with E-state index in [0.717, 1.165) is 12.8 Å². The minimum absolute atomic E-state index is 0.490. The van der Waals surface area contributed by atoms with Crippen LogP contribution in [0, 0.1) is 0 Å². The molecule has 2 fully saturated rings. The van der Waals surface area contributed by atoms with Gasteiger partial charge in [-0.2, -0.15) is 0 Å². The van der Waals surface area contributed by atoms with E-state index in [1.807, 2.05) is 0 Å². The van der Waals surface area contributed by atoms with Crippen LogP contribution in [0.1, 0.15) is 25.7 Å². The molecular weight excluding hydrogens is 281 g/mol.